The third kappa shape index (κ3) is 3.73. The lowest BCUT2D eigenvalue weighted by molar-refractivity contribution is 0.279. The summed E-state index contributed by atoms with van der Waals surface area (Å²) in [6.45, 7) is 4.97. The summed E-state index contributed by atoms with van der Waals surface area (Å²) >= 11 is 7.27. The zero-order valence-corrected chi connectivity index (χ0v) is 19.3. The molecule has 3 aromatic rings. The summed E-state index contributed by atoms with van der Waals surface area (Å²) in [6, 6.07) is 10.3. The van der Waals surface area contributed by atoms with Crippen molar-refractivity contribution in [1.82, 2.24) is 14.7 Å². The maximum atomic E-state index is 13.0. The Balaban J connectivity index is 1.93. The van der Waals surface area contributed by atoms with Crippen molar-refractivity contribution >= 4 is 32.8 Å². The summed E-state index contributed by atoms with van der Waals surface area (Å²) in [7, 11) is -1.45. The van der Waals surface area contributed by atoms with E-state index in [1.54, 1.807) is 24.3 Å². The normalized spacial score (nSPS) is 16.0. The van der Waals surface area contributed by atoms with Crippen molar-refractivity contribution in [3.63, 3.8) is 0 Å². The summed E-state index contributed by atoms with van der Waals surface area (Å²) < 4.78 is 27.6. The third-order valence-corrected chi connectivity index (χ3v) is 9.44. The predicted octanol–water partition coefficient (Wildman–Crippen LogP) is 3.96. The predicted molar refractivity (Wildman–Crippen MR) is 121 cm³/mol. The molecule has 3 heterocycles. The third-order valence-electron chi connectivity index (χ3n) is 5.55. The second-order valence-electron chi connectivity index (χ2n) is 7.41. The minimum absolute atomic E-state index is 0.0307. The molecule has 1 unspecified atom stereocenters. The van der Waals surface area contributed by atoms with Gasteiger partial charge in [-0.25, -0.2) is 8.42 Å². The Hall–Kier alpha value is -2.00. The van der Waals surface area contributed by atoms with E-state index in [1.807, 2.05) is 13.1 Å². The second-order valence-corrected chi connectivity index (χ2v) is 11.2. The van der Waals surface area contributed by atoms with Gasteiger partial charge in [0.25, 0.3) is 5.56 Å². The molecular formula is C21H22ClN3O3S2. The number of hydrogen-bond donors (Lipinski definition) is 0. The minimum Gasteiger partial charge on any atom is -0.299 e. The molecule has 9 heteroatoms. The highest BCUT2D eigenvalue weighted by molar-refractivity contribution is 7.93. The fraction of sp³-hybridized carbons (Fsp3) is 0.333. The lowest BCUT2D eigenvalue weighted by Crippen LogP contribution is -2.22. The van der Waals surface area contributed by atoms with Gasteiger partial charge < -0.3 is 0 Å². The van der Waals surface area contributed by atoms with Crippen LogP contribution in [0.3, 0.4) is 0 Å². The largest absolute Gasteiger partial charge is 0.299 e. The Morgan fingerprint density at radius 3 is 2.63 bits per heavy atom. The highest BCUT2D eigenvalue weighted by Crippen LogP contribution is 2.41. The molecule has 158 valence electrons. The quantitative estimate of drug-likeness (QED) is 0.585. The van der Waals surface area contributed by atoms with Crippen LogP contribution in [0.1, 0.15) is 30.3 Å². The molecule has 1 aliphatic rings. The average Bonchev–Trinajstić information content (AvgIpc) is 3.14. The number of aromatic nitrogens is 2. The molecule has 0 bridgehead atoms. The summed E-state index contributed by atoms with van der Waals surface area (Å²) in [6.07, 6.45) is 0.266. The molecule has 0 amide bonds. The van der Waals surface area contributed by atoms with Gasteiger partial charge in [-0.05, 0) is 62.8 Å². The summed E-state index contributed by atoms with van der Waals surface area (Å²) in [5.74, 6) is -0.0307. The molecular weight excluding hydrogens is 442 g/mol. The molecule has 2 aromatic heterocycles. The van der Waals surface area contributed by atoms with Crippen LogP contribution in [-0.4, -0.2) is 42.4 Å². The molecule has 6 nitrogen and oxygen atoms in total. The van der Waals surface area contributed by atoms with Crippen LogP contribution < -0.4 is 5.56 Å². The monoisotopic (exact) mass is 463 g/mol. The highest BCUT2D eigenvalue weighted by atomic mass is 35.5. The van der Waals surface area contributed by atoms with Crippen molar-refractivity contribution in [3.8, 4) is 16.9 Å². The van der Waals surface area contributed by atoms with Gasteiger partial charge in [0.15, 0.2) is 9.84 Å². The number of thiophene rings is 1. The smallest absolute Gasteiger partial charge is 0.271 e. The van der Waals surface area contributed by atoms with Crippen LogP contribution in [0.2, 0.25) is 5.02 Å². The number of aryl methyl sites for hydroxylation is 1. The fourth-order valence-corrected chi connectivity index (χ4v) is 6.84. The zero-order valence-electron chi connectivity index (χ0n) is 16.9. The fourth-order valence-electron chi connectivity index (χ4n) is 3.50. The van der Waals surface area contributed by atoms with Crippen LogP contribution in [0, 0.1) is 0 Å². The van der Waals surface area contributed by atoms with Crippen molar-refractivity contribution < 1.29 is 8.42 Å². The lowest BCUT2D eigenvalue weighted by Gasteiger charge is -2.21. The number of sulfone groups is 1. The van der Waals surface area contributed by atoms with E-state index in [4.69, 9.17) is 11.6 Å². The number of hydrogen-bond acceptors (Lipinski definition) is 6. The highest BCUT2D eigenvalue weighted by Gasteiger charge is 2.31. The van der Waals surface area contributed by atoms with E-state index in [9.17, 15) is 13.2 Å². The standard InChI is InChI=1S/C21H22ClN3O3S2/c1-4-24(3)13(2)18-12-17-20-14(9-10-30(27,28)21(17)29-18)11-19(26)25(23-20)16-7-5-15(22)6-8-16/h5-8,11-13H,4,9-10H2,1-3H3. The second kappa shape index (κ2) is 7.92. The molecule has 0 N–H and O–H groups in total. The minimum atomic E-state index is -3.46. The van der Waals surface area contributed by atoms with E-state index in [0.717, 1.165) is 11.4 Å². The van der Waals surface area contributed by atoms with Crippen molar-refractivity contribution in [1.29, 1.82) is 0 Å². The van der Waals surface area contributed by atoms with Gasteiger partial charge in [-0.2, -0.15) is 9.78 Å². The molecule has 0 fully saturated rings. The van der Waals surface area contributed by atoms with Crippen LogP contribution in [0.4, 0.5) is 0 Å². The summed E-state index contributed by atoms with van der Waals surface area (Å²) in [5.41, 5.74) is 2.08. The van der Waals surface area contributed by atoms with Gasteiger partial charge >= 0.3 is 0 Å². The Morgan fingerprint density at radius 1 is 1.27 bits per heavy atom. The van der Waals surface area contributed by atoms with Crippen LogP contribution in [0.5, 0.6) is 0 Å². The maximum Gasteiger partial charge on any atom is 0.271 e. The van der Waals surface area contributed by atoms with Crippen molar-refractivity contribution in [2.75, 3.05) is 19.3 Å². The first kappa shape index (κ1) is 21.2. The molecule has 0 saturated carbocycles. The number of rotatable bonds is 4. The van der Waals surface area contributed by atoms with Gasteiger partial charge in [0, 0.05) is 27.6 Å². The van der Waals surface area contributed by atoms with E-state index >= 15 is 0 Å². The van der Waals surface area contributed by atoms with Gasteiger partial charge in [0.05, 0.1) is 17.1 Å². The van der Waals surface area contributed by atoms with Crippen LogP contribution >= 0.6 is 22.9 Å². The molecule has 0 radical (unpaired) electrons. The van der Waals surface area contributed by atoms with Gasteiger partial charge in [-0.1, -0.05) is 18.5 Å². The topological polar surface area (TPSA) is 72.3 Å². The Kier molecular flexibility index (Phi) is 5.61. The van der Waals surface area contributed by atoms with Gasteiger partial charge in [-0.15, -0.1) is 11.3 Å². The van der Waals surface area contributed by atoms with E-state index in [0.29, 0.717) is 31.7 Å². The van der Waals surface area contributed by atoms with Gasteiger partial charge in [0.1, 0.15) is 4.21 Å². The Bertz CT molecular complexity index is 1260. The van der Waals surface area contributed by atoms with Crippen molar-refractivity contribution in [2.24, 2.45) is 0 Å². The van der Waals surface area contributed by atoms with Crippen molar-refractivity contribution in [3.05, 3.63) is 62.2 Å². The SMILES string of the molecule is CCN(C)C(C)c1cc2c(s1)S(=O)(=O)CCc1cc(=O)n(-c3ccc(Cl)cc3)nc1-2. The molecule has 0 aliphatic carbocycles. The molecule has 0 saturated heterocycles. The molecule has 1 aliphatic heterocycles. The number of fused-ring (bicyclic) bond motifs is 3. The Labute approximate surface area is 184 Å². The molecule has 0 spiro atoms. The lowest BCUT2D eigenvalue weighted by atomic mass is 10.1. The number of halogens is 1. The molecule has 30 heavy (non-hydrogen) atoms. The van der Waals surface area contributed by atoms with Crippen molar-refractivity contribution in [2.45, 2.75) is 30.5 Å². The van der Waals surface area contributed by atoms with E-state index in [1.165, 1.54) is 22.1 Å². The first-order chi connectivity index (χ1) is 14.2. The van der Waals surface area contributed by atoms with Gasteiger partial charge in [0.2, 0.25) is 0 Å². The number of nitrogens with zero attached hydrogens (tertiary/aromatic N) is 3. The van der Waals surface area contributed by atoms with Crippen LogP contribution in [-0.2, 0) is 16.3 Å². The Morgan fingerprint density at radius 2 is 1.97 bits per heavy atom. The maximum absolute atomic E-state index is 13.0. The molecule has 1 aromatic carbocycles. The zero-order chi connectivity index (χ0) is 21.6. The first-order valence-corrected chi connectivity index (χ1v) is 12.5. The first-order valence-electron chi connectivity index (χ1n) is 9.67. The average molecular weight is 464 g/mol. The van der Waals surface area contributed by atoms with E-state index in [2.05, 4.69) is 23.8 Å². The molecule has 4 rings (SSSR count). The van der Waals surface area contributed by atoms with Gasteiger partial charge in [-0.3, -0.25) is 9.69 Å². The number of benzene rings is 1. The van der Waals surface area contributed by atoms with E-state index in [-0.39, 0.29) is 23.8 Å². The molecule has 1 atom stereocenters. The summed E-state index contributed by atoms with van der Waals surface area (Å²) in [4.78, 5) is 15.8. The van der Waals surface area contributed by atoms with E-state index < -0.39 is 9.84 Å². The van der Waals surface area contributed by atoms with Crippen LogP contribution in [0.25, 0.3) is 16.9 Å². The van der Waals surface area contributed by atoms with Crippen LogP contribution in [0.15, 0.2) is 45.4 Å². The summed E-state index contributed by atoms with van der Waals surface area (Å²) in [5, 5.41) is 5.17.